The standard InChI is InChI=1S/C26H21NO5S/c1-30-26-18-20(12-17-25(26)32-33(28,29)24-10-6-3-7-11-24)19-27-21-13-15-23(16-14-21)31-22-8-4-2-5-9-22/h2-19H,1H3. The molecule has 0 heterocycles. The quantitative estimate of drug-likeness (QED) is 0.238. The number of rotatable bonds is 8. The lowest BCUT2D eigenvalue weighted by atomic mass is 10.2. The summed E-state index contributed by atoms with van der Waals surface area (Å²) in [6.45, 7) is 0. The fourth-order valence-corrected chi connectivity index (χ4v) is 3.92. The summed E-state index contributed by atoms with van der Waals surface area (Å²) in [6.07, 6.45) is 1.66. The molecule has 4 rings (SSSR count). The molecule has 4 aromatic carbocycles. The van der Waals surface area contributed by atoms with Crippen molar-refractivity contribution < 1.29 is 22.1 Å². The lowest BCUT2D eigenvalue weighted by Crippen LogP contribution is -2.10. The molecule has 0 aliphatic rings. The van der Waals surface area contributed by atoms with E-state index >= 15 is 0 Å². The number of nitrogens with zero attached hydrogens (tertiary/aromatic N) is 1. The molecule has 6 nitrogen and oxygen atoms in total. The summed E-state index contributed by atoms with van der Waals surface area (Å²) < 4.78 is 41.4. The van der Waals surface area contributed by atoms with Crippen LogP contribution in [0.3, 0.4) is 0 Å². The fraction of sp³-hybridized carbons (Fsp3) is 0.0385. The van der Waals surface area contributed by atoms with Gasteiger partial charge in [0.25, 0.3) is 0 Å². The molecule has 0 saturated heterocycles. The van der Waals surface area contributed by atoms with Gasteiger partial charge in [-0.25, -0.2) is 0 Å². The molecular weight excluding hydrogens is 438 g/mol. The Bertz CT molecular complexity index is 1340. The van der Waals surface area contributed by atoms with Gasteiger partial charge in [-0.3, -0.25) is 4.99 Å². The Labute approximate surface area is 192 Å². The molecule has 166 valence electrons. The second-order valence-corrected chi connectivity index (χ2v) is 8.47. The molecule has 0 N–H and O–H groups in total. The van der Waals surface area contributed by atoms with Gasteiger partial charge in [-0.2, -0.15) is 8.42 Å². The average molecular weight is 460 g/mol. The van der Waals surface area contributed by atoms with Crippen molar-refractivity contribution >= 4 is 22.0 Å². The van der Waals surface area contributed by atoms with Gasteiger partial charge in [0.15, 0.2) is 11.5 Å². The third-order valence-corrected chi connectivity index (χ3v) is 5.85. The number of hydrogen-bond donors (Lipinski definition) is 0. The predicted octanol–water partition coefficient (Wildman–Crippen LogP) is 6.01. The first-order valence-electron chi connectivity index (χ1n) is 10.1. The van der Waals surface area contributed by atoms with E-state index in [2.05, 4.69) is 4.99 Å². The van der Waals surface area contributed by atoms with E-state index < -0.39 is 10.1 Å². The van der Waals surface area contributed by atoms with Gasteiger partial charge in [-0.15, -0.1) is 0 Å². The van der Waals surface area contributed by atoms with Crippen LogP contribution >= 0.6 is 0 Å². The van der Waals surface area contributed by atoms with E-state index in [4.69, 9.17) is 13.7 Å². The Hall–Kier alpha value is -4.10. The van der Waals surface area contributed by atoms with Crippen LogP contribution in [0.1, 0.15) is 5.56 Å². The average Bonchev–Trinajstić information content (AvgIpc) is 2.85. The van der Waals surface area contributed by atoms with Crippen LogP contribution in [0.25, 0.3) is 0 Å². The number of ether oxygens (including phenoxy) is 2. The van der Waals surface area contributed by atoms with Crippen molar-refractivity contribution in [3.8, 4) is 23.0 Å². The topological polar surface area (TPSA) is 74.2 Å². The summed E-state index contributed by atoms with van der Waals surface area (Å²) in [5.41, 5.74) is 1.46. The van der Waals surface area contributed by atoms with E-state index in [-0.39, 0.29) is 16.4 Å². The number of benzene rings is 4. The summed E-state index contributed by atoms with van der Waals surface area (Å²) in [6, 6.07) is 29.7. The molecule has 0 saturated carbocycles. The Morgan fingerprint density at radius 2 is 1.36 bits per heavy atom. The van der Waals surface area contributed by atoms with Crippen LogP contribution in [0.15, 0.2) is 113 Å². The zero-order valence-electron chi connectivity index (χ0n) is 17.8. The van der Waals surface area contributed by atoms with Crippen LogP contribution in [0, 0.1) is 0 Å². The molecule has 0 bridgehead atoms. The highest BCUT2D eigenvalue weighted by Crippen LogP contribution is 2.31. The van der Waals surface area contributed by atoms with E-state index in [0.29, 0.717) is 5.75 Å². The molecule has 0 amide bonds. The summed E-state index contributed by atoms with van der Waals surface area (Å²) in [5.74, 6) is 1.85. The molecule has 7 heteroatoms. The van der Waals surface area contributed by atoms with E-state index in [1.807, 2.05) is 54.6 Å². The highest BCUT2D eigenvalue weighted by molar-refractivity contribution is 7.87. The second-order valence-electron chi connectivity index (χ2n) is 6.93. The SMILES string of the molecule is COc1cc(C=Nc2ccc(Oc3ccccc3)cc2)ccc1OS(=O)(=O)c1ccccc1. The van der Waals surface area contributed by atoms with Gasteiger partial charge < -0.3 is 13.7 Å². The van der Waals surface area contributed by atoms with E-state index in [0.717, 1.165) is 17.0 Å². The minimum atomic E-state index is -3.97. The summed E-state index contributed by atoms with van der Waals surface area (Å²) >= 11 is 0. The van der Waals surface area contributed by atoms with Gasteiger partial charge in [-0.05, 0) is 72.3 Å². The predicted molar refractivity (Wildman–Crippen MR) is 127 cm³/mol. The first-order chi connectivity index (χ1) is 16.0. The molecule has 0 aromatic heterocycles. The highest BCUT2D eigenvalue weighted by atomic mass is 32.2. The van der Waals surface area contributed by atoms with Crippen molar-refractivity contribution in [2.75, 3.05) is 7.11 Å². The van der Waals surface area contributed by atoms with E-state index in [9.17, 15) is 8.42 Å². The van der Waals surface area contributed by atoms with Crippen molar-refractivity contribution in [3.63, 3.8) is 0 Å². The molecule has 0 spiro atoms. The lowest BCUT2D eigenvalue weighted by Gasteiger charge is -2.11. The van der Waals surface area contributed by atoms with Crippen LogP contribution in [0.4, 0.5) is 5.69 Å². The minimum Gasteiger partial charge on any atom is -0.493 e. The molecule has 0 atom stereocenters. The largest absolute Gasteiger partial charge is 0.493 e. The normalized spacial score (nSPS) is 11.3. The smallest absolute Gasteiger partial charge is 0.339 e. The number of aliphatic imine (C=N–C) groups is 1. The Kier molecular flexibility index (Phi) is 6.71. The maximum atomic E-state index is 12.5. The lowest BCUT2D eigenvalue weighted by molar-refractivity contribution is 0.390. The van der Waals surface area contributed by atoms with Crippen LogP contribution in [0.2, 0.25) is 0 Å². The second kappa shape index (κ2) is 10.0. The molecule has 0 aliphatic heterocycles. The van der Waals surface area contributed by atoms with Crippen molar-refractivity contribution in [1.82, 2.24) is 0 Å². The number of hydrogen-bond acceptors (Lipinski definition) is 6. The fourth-order valence-electron chi connectivity index (χ4n) is 2.96. The van der Waals surface area contributed by atoms with Crippen LogP contribution in [-0.2, 0) is 10.1 Å². The molecule has 0 aliphatic carbocycles. The van der Waals surface area contributed by atoms with Gasteiger partial charge in [0.1, 0.15) is 16.4 Å². The molecule has 0 radical (unpaired) electrons. The first kappa shape index (κ1) is 22.1. The minimum absolute atomic E-state index is 0.0670. The Morgan fingerprint density at radius 1 is 0.727 bits per heavy atom. The maximum Gasteiger partial charge on any atom is 0.339 e. The van der Waals surface area contributed by atoms with Crippen molar-refractivity contribution in [2.45, 2.75) is 4.90 Å². The zero-order chi connectivity index (χ0) is 23.1. The van der Waals surface area contributed by atoms with Crippen molar-refractivity contribution in [1.29, 1.82) is 0 Å². The Balaban J connectivity index is 1.46. The van der Waals surface area contributed by atoms with Gasteiger partial charge in [0, 0.05) is 6.21 Å². The molecule has 0 fully saturated rings. The summed E-state index contributed by atoms with van der Waals surface area (Å²) in [5, 5.41) is 0. The zero-order valence-corrected chi connectivity index (χ0v) is 18.6. The van der Waals surface area contributed by atoms with E-state index in [1.165, 1.54) is 25.3 Å². The van der Waals surface area contributed by atoms with Gasteiger partial charge in [-0.1, -0.05) is 36.4 Å². The first-order valence-corrected chi connectivity index (χ1v) is 11.5. The monoisotopic (exact) mass is 459 g/mol. The van der Waals surface area contributed by atoms with Crippen molar-refractivity contribution in [2.24, 2.45) is 4.99 Å². The van der Waals surface area contributed by atoms with Crippen LogP contribution in [-0.4, -0.2) is 21.7 Å². The highest BCUT2D eigenvalue weighted by Gasteiger charge is 2.18. The molecule has 0 unspecified atom stereocenters. The molecule has 33 heavy (non-hydrogen) atoms. The molecular formula is C26H21NO5S. The Morgan fingerprint density at radius 3 is 2.03 bits per heavy atom. The van der Waals surface area contributed by atoms with Gasteiger partial charge >= 0.3 is 10.1 Å². The number of methoxy groups -OCH3 is 1. The third kappa shape index (κ3) is 5.78. The molecule has 4 aromatic rings. The van der Waals surface area contributed by atoms with E-state index in [1.54, 1.807) is 36.5 Å². The summed E-state index contributed by atoms with van der Waals surface area (Å²) in [4.78, 5) is 4.52. The third-order valence-electron chi connectivity index (χ3n) is 4.60. The van der Waals surface area contributed by atoms with Crippen LogP contribution in [0.5, 0.6) is 23.0 Å². The maximum absolute atomic E-state index is 12.5. The van der Waals surface area contributed by atoms with Gasteiger partial charge in [0.05, 0.1) is 12.8 Å². The summed E-state index contributed by atoms with van der Waals surface area (Å²) in [7, 11) is -2.52. The van der Waals surface area contributed by atoms with Gasteiger partial charge in [0.2, 0.25) is 0 Å². The van der Waals surface area contributed by atoms with Crippen LogP contribution < -0.4 is 13.7 Å². The van der Waals surface area contributed by atoms with Crippen molar-refractivity contribution in [3.05, 3.63) is 109 Å². The number of para-hydroxylation sites is 1.